The number of hydrogen-bond acceptors (Lipinski definition) is 6. The molecule has 2 aliphatic rings. The zero-order valence-corrected chi connectivity index (χ0v) is 15.8. The van der Waals surface area contributed by atoms with Crippen LogP contribution in [0.2, 0.25) is 0 Å². The van der Waals surface area contributed by atoms with Gasteiger partial charge in [0.05, 0.1) is 11.0 Å². The van der Waals surface area contributed by atoms with Gasteiger partial charge in [-0.1, -0.05) is 27.7 Å². The molecular weight excluding hydrogens is 344 g/mol. The lowest BCUT2D eigenvalue weighted by Gasteiger charge is -2.22. The van der Waals surface area contributed by atoms with Crippen molar-refractivity contribution in [2.75, 3.05) is 12.4 Å². The highest BCUT2D eigenvalue weighted by Gasteiger charge is 2.45. The lowest BCUT2D eigenvalue weighted by Crippen LogP contribution is -2.45. The third kappa shape index (κ3) is 4.11. The van der Waals surface area contributed by atoms with E-state index in [1.165, 1.54) is 0 Å². The van der Waals surface area contributed by atoms with Gasteiger partial charge in [-0.3, -0.25) is 33.8 Å². The molecule has 138 valence electrons. The SMILES string of the molecule is CC(C)C(=O)CSC1CC(=O)N(CN2C(=O)CC(C(C)C)C2=O)C1=O. The third-order valence-electron chi connectivity index (χ3n) is 4.64. The molecule has 0 spiro atoms. The van der Waals surface area contributed by atoms with E-state index in [4.69, 9.17) is 0 Å². The Kier molecular flexibility index (Phi) is 6.03. The lowest BCUT2D eigenvalue weighted by atomic mass is 9.94. The van der Waals surface area contributed by atoms with Crippen LogP contribution in [0.1, 0.15) is 40.5 Å². The predicted molar refractivity (Wildman–Crippen MR) is 92.2 cm³/mol. The molecule has 0 N–H and O–H groups in total. The van der Waals surface area contributed by atoms with E-state index in [0.717, 1.165) is 21.6 Å². The molecule has 2 unspecified atom stereocenters. The number of nitrogens with zero attached hydrogens (tertiary/aromatic N) is 2. The second-order valence-electron chi connectivity index (χ2n) is 7.14. The van der Waals surface area contributed by atoms with Crippen LogP contribution in [0.5, 0.6) is 0 Å². The van der Waals surface area contributed by atoms with E-state index in [0.29, 0.717) is 0 Å². The van der Waals surface area contributed by atoms with Crippen molar-refractivity contribution in [2.45, 2.75) is 45.8 Å². The van der Waals surface area contributed by atoms with Gasteiger partial charge in [-0.15, -0.1) is 11.8 Å². The molecule has 2 heterocycles. The Hall–Kier alpha value is -1.70. The number of amides is 4. The van der Waals surface area contributed by atoms with Crippen molar-refractivity contribution in [3.63, 3.8) is 0 Å². The van der Waals surface area contributed by atoms with Crippen molar-refractivity contribution in [1.82, 2.24) is 9.80 Å². The molecule has 2 rings (SSSR count). The first-order valence-corrected chi connectivity index (χ1v) is 9.51. The van der Waals surface area contributed by atoms with Gasteiger partial charge in [0.1, 0.15) is 12.5 Å². The van der Waals surface area contributed by atoms with Crippen molar-refractivity contribution in [2.24, 2.45) is 17.8 Å². The van der Waals surface area contributed by atoms with Crippen LogP contribution < -0.4 is 0 Å². The molecule has 0 radical (unpaired) electrons. The molecular formula is C17H24N2O5S. The first kappa shape index (κ1) is 19.6. The molecule has 0 saturated carbocycles. The Morgan fingerprint density at radius 3 is 2.08 bits per heavy atom. The minimum atomic E-state index is -0.621. The van der Waals surface area contributed by atoms with E-state index in [1.807, 2.05) is 13.8 Å². The maximum absolute atomic E-state index is 12.4. The summed E-state index contributed by atoms with van der Waals surface area (Å²) in [7, 11) is 0. The summed E-state index contributed by atoms with van der Waals surface area (Å²) in [5.41, 5.74) is 0. The summed E-state index contributed by atoms with van der Waals surface area (Å²) in [6.07, 6.45) is 0.118. The van der Waals surface area contributed by atoms with E-state index in [2.05, 4.69) is 0 Å². The van der Waals surface area contributed by atoms with Gasteiger partial charge in [0, 0.05) is 24.7 Å². The Balaban J connectivity index is 2.00. The molecule has 0 aromatic carbocycles. The smallest absolute Gasteiger partial charge is 0.244 e. The average molecular weight is 368 g/mol. The second kappa shape index (κ2) is 7.68. The fourth-order valence-corrected chi connectivity index (χ4v) is 4.03. The molecule has 2 aliphatic heterocycles. The highest BCUT2D eigenvalue weighted by Crippen LogP contribution is 2.30. The summed E-state index contributed by atoms with van der Waals surface area (Å²) in [5, 5.41) is -0.621. The zero-order valence-electron chi connectivity index (χ0n) is 15.0. The standard InChI is InChI=1S/C17H24N2O5S/c1-9(2)11-5-14(21)18(16(11)23)8-19-15(22)6-13(17(19)24)25-7-12(20)10(3)4/h9-11,13H,5-8H2,1-4H3. The molecule has 7 nitrogen and oxygen atoms in total. The van der Waals surface area contributed by atoms with Crippen LogP contribution in [-0.4, -0.2) is 56.9 Å². The highest BCUT2D eigenvalue weighted by atomic mass is 32.2. The number of ketones is 1. The summed E-state index contributed by atoms with van der Waals surface area (Å²) in [4.78, 5) is 62.7. The Morgan fingerprint density at radius 1 is 1.00 bits per heavy atom. The summed E-state index contributed by atoms with van der Waals surface area (Å²) < 4.78 is 0. The number of thioether (sulfide) groups is 1. The fraction of sp³-hybridized carbons (Fsp3) is 0.706. The molecule has 8 heteroatoms. The number of rotatable bonds is 7. The largest absolute Gasteiger partial charge is 0.298 e. The molecule has 2 saturated heterocycles. The van der Waals surface area contributed by atoms with Gasteiger partial charge in [-0.25, -0.2) is 0 Å². The van der Waals surface area contributed by atoms with Crippen LogP contribution in [0, 0.1) is 17.8 Å². The monoisotopic (exact) mass is 368 g/mol. The van der Waals surface area contributed by atoms with E-state index < -0.39 is 23.0 Å². The Labute approximate surface area is 151 Å². The summed E-state index contributed by atoms with van der Waals surface area (Å²) in [6, 6.07) is 0. The quantitative estimate of drug-likeness (QED) is 0.624. The molecule has 25 heavy (non-hydrogen) atoms. The minimum Gasteiger partial charge on any atom is -0.298 e. The Morgan fingerprint density at radius 2 is 1.56 bits per heavy atom. The first-order chi connectivity index (χ1) is 11.6. The molecule has 2 fully saturated rings. The number of imide groups is 2. The van der Waals surface area contributed by atoms with Crippen LogP contribution in [0.15, 0.2) is 0 Å². The lowest BCUT2D eigenvalue weighted by molar-refractivity contribution is -0.147. The van der Waals surface area contributed by atoms with Gasteiger partial charge in [0.2, 0.25) is 23.6 Å². The van der Waals surface area contributed by atoms with E-state index >= 15 is 0 Å². The third-order valence-corrected chi connectivity index (χ3v) is 5.86. The van der Waals surface area contributed by atoms with Gasteiger partial charge in [-0.05, 0) is 5.92 Å². The number of likely N-dealkylation sites (tertiary alicyclic amines) is 2. The zero-order chi connectivity index (χ0) is 18.9. The molecule has 0 aromatic heterocycles. The van der Waals surface area contributed by atoms with Gasteiger partial charge in [-0.2, -0.15) is 0 Å². The average Bonchev–Trinajstić information content (AvgIpc) is 2.96. The highest BCUT2D eigenvalue weighted by molar-refractivity contribution is 8.01. The van der Waals surface area contributed by atoms with E-state index in [9.17, 15) is 24.0 Å². The van der Waals surface area contributed by atoms with Gasteiger partial charge >= 0.3 is 0 Å². The van der Waals surface area contributed by atoms with Crippen LogP contribution >= 0.6 is 11.8 Å². The predicted octanol–water partition coefficient (Wildman–Crippen LogP) is 1.06. The van der Waals surface area contributed by atoms with Crippen LogP contribution in [0.4, 0.5) is 0 Å². The van der Waals surface area contributed by atoms with E-state index in [-0.39, 0.29) is 54.7 Å². The minimum absolute atomic E-state index is 0.00128. The van der Waals surface area contributed by atoms with E-state index in [1.54, 1.807) is 13.8 Å². The topological polar surface area (TPSA) is 91.8 Å². The fourth-order valence-electron chi connectivity index (χ4n) is 2.80. The molecule has 2 atom stereocenters. The van der Waals surface area contributed by atoms with Crippen molar-refractivity contribution in [1.29, 1.82) is 0 Å². The molecule has 4 amide bonds. The van der Waals surface area contributed by atoms with Gasteiger partial charge in [0.25, 0.3) is 0 Å². The maximum Gasteiger partial charge on any atom is 0.244 e. The molecule has 0 aliphatic carbocycles. The van der Waals surface area contributed by atoms with Gasteiger partial charge < -0.3 is 0 Å². The van der Waals surface area contributed by atoms with Crippen molar-refractivity contribution < 1.29 is 24.0 Å². The van der Waals surface area contributed by atoms with Crippen molar-refractivity contribution in [3.8, 4) is 0 Å². The first-order valence-electron chi connectivity index (χ1n) is 8.46. The van der Waals surface area contributed by atoms with Crippen molar-refractivity contribution >= 4 is 41.2 Å². The molecule has 0 aromatic rings. The van der Waals surface area contributed by atoms with Crippen molar-refractivity contribution in [3.05, 3.63) is 0 Å². The summed E-state index contributed by atoms with van der Waals surface area (Å²) in [6.45, 7) is 6.99. The van der Waals surface area contributed by atoms with Crippen LogP contribution in [-0.2, 0) is 24.0 Å². The number of carbonyl (C=O) groups is 5. The van der Waals surface area contributed by atoms with Crippen LogP contribution in [0.3, 0.4) is 0 Å². The summed E-state index contributed by atoms with van der Waals surface area (Å²) in [5.74, 6) is -1.81. The maximum atomic E-state index is 12.4. The van der Waals surface area contributed by atoms with Gasteiger partial charge in [0.15, 0.2) is 0 Å². The number of carbonyl (C=O) groups excluding carboxylic acids is 5. The van der Waals surface area contributed by atoms with Crippen LogP contribution in [0.25, 0.3) is 0 Å². The number of hydrogen-bond donors (Lipinski definition) is 0. The second-order valence-corrected chi connectivity index (χ2v) is 8.33. The normalized spacial score (nSPS) is 24.4. The number of Topliss-reactive ketones (excluding diaryl/α,β-unsaturated/α-hetero) is 1. The molecule has 0 bridgehead atoms. The summed E-state index contributed by atoms with van der Waals surface area (Å²) >= 11 is 1.15. The Bertz CT molecular complexity index is 616.